The lowest BCUT2D eigenvalue weighted by Crippen LogP contribution is -2.50. The first-order valence-electron chi connectivity index (χ1n) is 8.55. The maximum atomic E-state index is 13.0. The molecule has 3 rings (SSSR count). The molecule has 2 aromatic rings. The first-order valence-corrected chi connectivity index (χ1v) is 8.55. The van der Waals surface area contributed by atoms with Crippen LogP contribution in [0.2, 0.25) is 0 Å². The second-order valence-electron chi connectivity index (χ2n) is 7.93. The van der Waals surface area contributed by atoms with Gasteiger partial charge in [0.1, 0.15) is 17.7 Å². The van der Waals surface area contributed by atoms with Crippen molar-refractivity contribution in [3.8, 4) is 0 Å². The molecule has 0 aliphatic carbocycles. The minimum atomic E-state index is -0.211. The average Bonchev–Trinajstić information content (AvgIpc) is 3.13. The van der Waals surface area contributed by atoms with Crippen LogP contribution in [0.25, 0.3) is 0 Å². The zero-order valence-electron chi connectivity index (χ0n) is 15.9. The van der Waals surface area contributed by atoms with E-state index in [0.717, 1.165) is 23.0 Å². The van der Waals surface area contributed by atoms with Crippen LogP contribution in [0, 0.1) is 6.92 Å². The Morgan fingerprint density at radius 3 is 2.76 bits per heavy atom. The van der Waals surface area contributed by atoms with Crippen molar-refractivity contribution in [2.45, 2.75) is 58.8 Å². The maximum absolute atomic E-state index is 13.0. The first kappa shape index (κ1) is 17.6. The van der Waals surface area contributed by atoms with Crippen LogP contribution in [-0.2, 0) is 29.8 Å². The number of H-pyrrole nitrogens is 1. The number of carbonyl (C=O) groups is 1. The van der Waals surface area contributed by atoms with E-state index in [4.69, 9.17) is 0 Å². The van der Waals surface area contributed by atoms with Crippen molar-refractivity contribution in [1.82, 2.24) is 34.8 Å². The number of likely N-dealkylation sites (N-methyl/N-ethyl adjacent to an activating group) is 2. The van der Waals surface area contributed by atoms with Crippen molar-refractivity contribution < 1.29 is 4.79 Å². The van der Waals surface area contributed by atoms with Gasteiger partial charge in [0.05, 0.1) is 31.0 Å². The molecule has 2 aromatic heterocycles. The summed E-state index contributed by atoms with van der Waals surface area (Å²) in [5.74, 6) is 1.86. The number of rotatable bonds is 3. The van der Waals surface area contributed by atoms with Crippen LogP contribution in [0.1, 0.15) is 43.8 Å². The number of hydrogen-bond donors (Lipinski definition) is 1. The predicted molar refractivity (Wildman–Crippen MR) is 93.8 cm³/mol. The largest absolute Gasteiger partial charge is 0.338 e. The summed E-state index contributed by atoms with van der Waals surface area (Å²) in [6.45, 7) is 10.0. The van der Waals surface area contributed by atoms with Crippen LogP contribution in [0.4, 0.5) is 0 Å². The van der Waals surface area contributed by atoms with Crippen LogP contribution in [0.5, 0.6) is 0 Å². The molecule has 0 spiro atoms. The van der Waals surface area contributed by atoms with Gasteiger partial charge in [-0.3, -0.25) is 14.8 Å². The minimum Gasteiger partial charge on any atom is -0.338 e. The van der Waals surface area contributed by atoms with Gasteiger partial charge in [0, 0.05) is 12.5 Å². The molecule has 0 aromatic carbocycles. The SMILES string of the molecule is Cc1nnc2n1CC(C(=O)N(C)Cc1cc(C(C)(C)C)n[nH]1)N(C)C2. The molecule has 0 saturated carbocycles. The second-order valence-corrected chi connectivity index (χ2v) is 7.93. The number of aromatic nitrogens is 5. The number of aromatic amines is 1. The molecule has 0 fully saturated rings. The first-order chi connectivity index (χ1) is 11.7. The Bertz CT molecular complexity index is 770. The standard InChI is InChI=1S/C17H27N7O/c1-11-18-21-15-10-22(5)13(9-24(11)15)16(25)23(6)8-12-7-14(20-19-12)17(2,3)4/h7,13H,8-10H2,1-6H3,(H,19,20). The summed E-state index contributed by atoms with van der Waals surface area (Å²) in [4.78, 5) is 16.7. The number of fused-ring (bicyclic) bond motifs is 1. The molecule has 0 bridgehead atoms. The van der Waals surface area contributed by atoms with Gasteiger partial charge in [-0.1, -0.05) is 20.8 Å². The Morgan fingerprint density at radius 1 is 1.40 bits per heavy atom. The van der Waals surface area contributed by atoms with Crippen LogP contribution in [0.15, 0.2) is 6.07 Å². The van der Waals surface area contributed by atoms with Crippen molar-refractivity contribution in [3.63, 3.8) is 0 Å². The third-order valence-corrected chi connectivity index (χ3v) is 4.76. The molecule has 136 valence electrons. The van der Waals surface area contributed by atoms with Gasteiger partial charge in [-0.25, -0.2) is 0 Å². The van der Waals surface area contributed by atoms with Crippen molar-refractivity contribution in [2.24, 2.45) is 0 Å². The Balaban J connectivity index is 1.70. The average molecular weight is 345 g/mol. The zero-order chi connectivity index (χ0) is 18.4. The molecule has 0 radical (unpaired) electrons. The Kier molecular flexibility index (Phi) is 4.40. The van der Waals surface area contributed by atoms with Gasteiger partial charge >= 0.3 is 0 Å². The molecule has 0 saturated heterocycles. The summed E-state index contributed by atoms with van der Waals surface area (Å²) in [7, 11) is 3.79. The van der Waals surface area contributed by atoms with E-state index in [-0.39, 0.29) is 17.4 Å². The van der Waals surface area contributed by atoms with Crippen LogP contribution >= 0.6 is 0 Å². The lowest BCUT2D eigenvalue weighted by Gasteiger charge is -2.34. The van der Waals surface area contributed by atoms with Gasteiger partial charge in [-0.15, -0.1) is 10.2 Å². The summed E-state index contributed by atoms with van der Waals surface area (Å²) in [5.41, 5.74) is 1.94. The van der Waals surface area contributed by atoms with Gasteiger partial charge in [0.2, 0.25) is 5.91 Å². The predicted octanol–water partition coefficient (Wildman–Crippen LogP) is 1.08. The molecule has 1 unspecified atom stereocenters. The summed E-state index contributed by atoms with van der Waals surface area (Å²) in [6.07, 6.45) is 0. The maximum Gasteiger partial charge on any atom is 0.241 e. The van der Waals surface area contributed by atoms with Gasteiger partial charge in [-0.2, -0.15) is 5.10 Å². The smallest absolute Gasteiger partial charge is 0.241 e. The fraction of sp³-hybridized carbons (Fsp3) is 0.647. The Morgan fingerprint density at radius 2 is 2.12 bits per heavy atom. The van der Waals surface area contributed by atoms with Gasteiger partial charge in [-0.05, 0) is 20.0 Å². The van der Waals surface area contributed by atoms with Crippen LogP contribution < -0.4 is 0 Å². The van der Waals surface area contributed by atoms with E-state index < -0.39 is 0 Å². The van der Waals surface area contributed by atoms with Crippen molar-refractivity contribution >= 4 is 5.91 Å². The Labute approximate surface area is 148 Å². The van der Waals surface area contributed by atoms with E-state index in [2.05, 4.69) is 41.2 Å². The number of carbonyl (C=O) groups excluding carboxylic acids is 1. The lowest BCUT2D eigenvalue weighted by atomic mass is 9.92. The monoisotopic (exact) mass is 345 g/mol. The van der Waals surface area contributed by atoms with Crippen LogP contribution in [0.3, 0.4) is 0 Å². The second kappa shape index (κ2) is 6.25. The highest BCUT2D eigenvalue weighted by Gasteiger charge is 2.33. The molecule has 8 nitrogen and oxygen atoms in total. The lowest BCUT2D eigenvalue weighted by molar-refractivity contribution is -0.137. The molecule has 1 aliphatic heterocycles. The summed E-state index contributed by atoms with van der Waals surface area (Å²) in [5, 5.41) is 15.7. The van der Waals surface area contributed by atoms with Crippen molar-refractivity contribution in [2.75, 3.05) is 14.1 Å². The summed E-state index contributed by atoms with van der Waals surface area (Å²) >= 11 is 0. The number of nitrogens with zero attached hydrogens (tertiary/aromatic N) is 6. The molecule has 8 heteroatoms. The number of aryl methyl sites for hydroxylation is 1. The molecular weight excluding hydrogens is 318 g/mol. The fourth-order valence-corrected chi connectivity index (χ4v) is 3.11. The van der Waals surface area contributed by atoms with E-state index in [1.807, 2.05) is 36.6 Å². The molecule has 25 heavy (non-hydrogen) atoms. The number of nitrogens with one attached hydrogen (secondary N) is 1. The fourth-order valence-electron chi connectivity index (χ4n) is 3.11. The number of hydrogen-bond acceptors (Lipinski definition) is 5. The molecular formula is C17H27N7O. The Hall–Kier alpha value is -2.22. The normalized spacial score (nSPS) is 18.2. The highest BCUT2D eigenvalue weighted by molar-refractivity contribution is 5.81. The van der Waals surface area contributed by atoms with E-state index in [9.17, 15) is 4.79 Å². The van der Waals surface area contributed by atoms with E-state index >= 15 is 0 Å². The van der Waals surface area contributed by atoms with E-state index in [0.29, 0.717) is 19.6 Å². The van der Waals surface area contributed by atoms with Gasteiger partial charge in [0.15, 0.2) is 0 Å². The zero-order valence-corrected chi connectivity index (χ0v) is 15.9. The third-order valence-electron chi connectivity index (χ3n) is 4.76. The van der Waals surface area contributed by atoms with Gasteiger partial charge in [0.25, 0.3) is 0 Å². The van der Waals surface area contributed by atoms with Gasteiger partial charge < -0.3 is 9.47 Å². The minimum absolute atomic E-state index is 0.0106. The van der Waals surface area contributed by atoms with Crippen molar-refractivity contribution in [1.29, 1.82) is 0 Å². The van der Waals surface area contributed by atoms with Crippen LogP contribution in [-0.4, -0.2) is 60.8 Å². The quantitative estimate of drug-likeness (QED) is 0.900. The molecule has 1 N–H and O–H groups in total. The highest BCUT2D eigenvalue weighted by Crippen LogP contribution is 2.21. The highest BCUT2D eigenvalue weighted by atomic mass is 16.2. The third kappa shape index (κ3) is 3.44. The molecule has 1 amide bonds. The molecule has 3 heterocycles. The summed E-state index contributed by atoms with van der Waals surface area (Å²) in [6, 6.07) is 1.83. The number of amides is 1. The summed E-state index contributed by atoms with van der Waals surface area (Å²) < 4.78 is 2.03. The van der Waals surface area contributed by atoms with E-state index in [1.54, 1.807) is 4.90 Å². The molecule has 1 aliphatic rings. The topological polar surface area (TPSA) is 82.9 Å². The van der Waals surface area contributed by atoms with E-state index in [1.165, 1.54) is 0 Å². The van der Waals surface area contributed by atoms with Crippen molar-refractivity contribution in [3.05, 3.63) is 29.1 Å². The molecule has 1 atom stereocenters.